The van der Waals surface area contributed by atoms with Gasteiger partial charge in [-0.05, 0) is 54.7 Å². The number of halogens is 3. The van der Waals surface area contributed by atoms with Crippen molar-refractivity contribution < 1.29 is 26.7 Å². The number of benzene rings is 1. The summed E-state index contributed by atoms with van der Waals surface area (Å²) >= 11 is 0. The van der Waals surface area contributed by atoms with Gasteiger partial charge in [0, 0.05) is 17.6 Å². The fourth-order valence-electron chi connectivity index (χ4n) is 3.59. The third-order valence-corrected chi connectivity index (χ3v) is 6.60. The van der Waals surface area contributed by atoms with Crippen molar-refractivity contribution in [2.24, 2.45) is 0 Å². The number of fused-ring (bicyclic) bond motifs is 1. The van der Waals surface area contributed by atoms with Crippen molar-refractivity contribution >= 4 is 21.1 Å². The Hall–Kier alpha value is -2.43. The van der Waals surface area contributed by atoms with E-state index in [4.69, 9.17) is 0 Å². The fourth-order valence-corrected chi connectivity index (χ4v) is 4.89. The molecular formula is C19H18F3N3O3S. The highest BCUT2D eigenvalue weighted by Gasteiger charge is 2.33. The molecule has 1 aliphatic carbocycles. The lowest BCUT2D eigenvalue weighted by Gasteiger charge is -2.16. The van der Waals surface area contributed by atoms with Gasteiger partial charge < -0.3 is 10.1 Å². The van der Waals surface area contributed by atoms with Gasteiger partial charge in [0.2, 0.25) is 10.0 Å². The molecule has 3 aromatic rings. The predicted octanol–water partition coefficient (Wildman–Crippen LogP) is 3.44. The molecule has 1 aliphatic rings. The van der Waals surface area contributed by atoms with Gasteiger partial charge in [-0.1, -0.05) is 12.1 Å². The van der Waals surface area contributed by atoms with Crippen molar-refractivity contribution in [1.82, 2.24) is 14.7 Å². The van der Waals surface area contributed by atoms with Crippen molar-refractivity contribution in [2.45, 2.75) is 42.5 Å². The Morgan fingerprint density at radius 3 is 2.48 bits per heavy atom. The Morgan fingerprint density at radius 1 is 1.14 bits per heavy atom. The maximum atomic E-state index is 13.0. The van der Waals surface area contributed by atoms with E-state index in [0.29, 0.717) is 29.4 Å². The van der Waals surface area contributed by atoms with Gasteiger partial charge in [0.25, 0.3) is 0 Å². The Labute approximate surface area is 164 Å². The Bertz CT molecular complexity index is 1140. The second-order valence-electron chi connectivity index (χ2n) is 7.05. The number of aromatic amines is 1. The summed E-state index contributed by atoms with van der Waals surface area (Å²) in [5.41, 5.74) is 0.268. The van der Waals surface area contributed by atoms with Crippen LogP contribution in [0, 0.1) is 0 Å². The number of hydrogen-bond donors (Lipinski definition) is 3. The van der Waals surface area contributed by atoms with E-state index in [2.05, 4.69) is 14.7 Å². The molecule has 2 atom stereocenters. The fraction of sp³-hybridized carbons (Fsp3) is 0.316. The lowest BCUT2D eigenvalue weighted by atomic mass is 10.0. The van der Waals surface area contributed by atoms with Crippen molar-refractivity contribution in [3.63, 3.8) is 0 Å². The monoisotopic (exact) mass is 425 g/mol. The quantitative estimate of drug-likeness (QED) is 0.597. The second-order valence-corrected chi connectivity index (χ2v) is 8.77. The van der Waals surface area contributed by atoms with Gasteiger partial charge in [-0.3, -0.25) is 0 Å². The molecule has 29 heavy (non-hydrogen) atoms. The van der Waals surface area contributed by atoms with Crippen LogP contribution >= 0.6 is 0 Å². The standard InChI is InChI=1S/C19H18F3N3O3S/c20-19(21,22)17-10-14-13(8-9-23-18(14)24-17)11-4-6-12(7-5-11)29(27,28)25-15-2-1-3-16(15)26/h4-10,15-16,25-26H,1-3H2,(H,23,24)/t15-,16+/m0/s1. The lowest BCUT2D eigenvalue weighted by Crippen LogP contribution is -2.39. The summed E-state index contributed by atoms with van der Waals surface area (Å²) in [4.78, 5) is 6.22. The Balaban J connectivity index is 1.65. The van der Waals surface area contributed by atoms with Crippen molar-refractivity contribution in [1.29, 1.82) is 0 Å². The molecule has 1 fully saturated rings. The Kier molecular flexibility index (Phi) is 4.88. The van der Waals surface area contributed by atoms with Gasteiger partial charge in [0.15, 0.2) is 0 Å². The van der Waals surface area contributed by atoms with Crippen LogP contribution in [-0.4, -0.2) is 35.6 Å². The summed E-state index contributed by atoms with van der Waals surface area (Å²) in [6.45, 7) is 0. The van der Waals surface area contributed by atoms with Crippen LogP contribution < -0.4 is 4.72 Å². The first-order chi connectivity index (χ1) is 13.6. The number of alkyl halides is 3. The molecule has 2 aromatic heterocycles. The molecule has 2 heterocycles. The zero-order valence-electron chi connectivity index (χ0n) is 15.1. The molecular weight excluding hydrogens is 407 g/mol. The minimum atomic E-state index is -4.52. The normalized spacial score (nSPS) is 20.4. The van der Waals surface area contributed by atoms with E-state index < -0.39 is 34.0 Å². The van der Waals surface area contributed by atoms with Gasteiger partial charge in [0.1, 0.15) is 11.3 Å². The van der Waals surface area contributed by atoms with Gasteiger partial charge in [-0.25, -0.2) is 18.1 Å². The molecule has 0 saturated heterocycles. The summed E-state index contributed by atoms with van der Waals surface area (Å²) in [6, 6.07) is 7.91. The SMILES string of the molecule is O=S(=O)(N[C@H]1CCC[C@H]1O)c1ccc(-c2ccnc3[nH]c(C(F)(F)F)cc23)cc1. The van der Waals surface area contributed by atoms with Gasteiger partial charge >= 0.3 is 6.18 Å². The van der Waals surface area contributed by atoms with E-state index in [-0.39, 0.29) is 10.5 Å². The second kappa shape index (κ2) is 7.12. The average molecular weight is 425 g/mol. The molecule has 0 amide bonds. The highest BCUT2D eigenvalue weighted by molar-refractivity contribution is 7.89. The molecule has 0 bridgehead atoms. The van der Waals surface area contributed by atoms with Gasteiger partial charge in [0.05, 0.1) is 11.0 Å². The van der Waals surface area contributed by atoms with E-state index in [0.717, 1.165) is 12.5 Å². The Morgan fingerprint density at radius 2 is 1.86 bits per heavy atom. The van der Waals surface area contributed by atoms with Crippen LogP contribution in [0.2, 0.25) is 0 Å². The highest BCUT2D eigenvalue weighted by atomic mass is 32.2. The molecule has 154 valence electrons. The molecule has 4 rings (SSSR count). The van der Waals surface area contributed by atoms with E-state index in [1.54, 1.807) is 6.07 Å². The summed E-state index contributed by atoms with van der Waals surface area (Å²) in [5, 5.41) is 10.1. The van der Waals surface area contributed by atoms with Crippen LogP contribution in [0.5, 0.6) is 0 Å². The summed E-state index contributed by atoms with van der Waals surface area (Å²) < 4.78 is 66.6. The number of sulfonamides is 1. The third-order valence-electron chi connectivity index (χ3n) is 5.10. The van der Waals surface area contributed by atoms with Crippen LogP contribution in [-0.2, 0) is 16.2 Å². The van der Waals surface area contributed by atoms with Gasteiger partial charge in [-0.15, -0.1) is 0 Å². The van der Waals surface area contributed by atoms with Crippen molar-refractivity contribution in [2.75, 3.05) is 0 Å². The first-order valence-corrected chi connectivity index (χ1v) is 10.5. The van der Waals surface area contributed by atoms with Crippen LogP contribution in [0.1, 0.15) is 25.0 Å². The molecule has 0 aliphatic heterocycles. The largest absolute Gasteiger partial charge is 0.431 e. The summed E-state index contributed by atoms with van der Waals surface area (Å²) in [6.07, 6.45) is -1.95. The number of pyridine rings is 1. The van der Waals surface area contributed by atoms with Gasteiger partial charge in [-0.2, -0.15) is 13.2 Å². The molecule has 10 heteroatoms. The highest BCUT2D eigenvalue weighted by Crippen LogP contribution is 2.34. The van der Waals surface area contributed by atoms with E-state index in [1.807, 2.05) is 0 Å². The molecule has 1 saturated carbocycles. The van der Waals surface area contributed by atoms with Crippen LogP contribution in [0.15, 0.2) is 47.5 Å². The summed E-state index contributed by atoms with van der Waals surface area (Å²) in [7, 11) is -3.81. The zero-order valence-corrected chi connectivity index (χ0v) is 15.9. The third kappa shape index (κ3) is 3.87. The number of aromatic nitrogens is 2. The van der Waals surface area contributed by atoms with E-state index in [1.165, 1.54) is 30.5 Å². The van der Waals surface area contributed by atoms with Crippen molar-refractivity contribution in [3.8, 4) is 11.1 Å². The number of nitrogens with one attached hydrogen (secondary N) is 2. The molecule has 1 aromatic carbocycles. The molecule has 0 radical (unpaired) electrons. The van der Waals surface area contributed by atoms with E-state index >= 15 is 0 Å². The lowest BCUT2D eigenvalue weighted by molar-refractivity contribution is -0.140. The number of nitrogens with zero attached hydrogens (tertiary/aromatic N) is 1. The molecule has 3 N–H and O–H groups in total. The number of aliphatic hydroxyl groups excluding tert-OH is 1. The molecule has 0 unspecified atom stereocenters. The van der Waals surface area contributed by atoms with Crippen LogP contribution in [0.25, 0.3) is 22.2 Å². The minimum absolute atomic E-state index is 0.0238. The van der Waals surface area contributed by atoms with E-state index in [9.17, 15) is 26.7 Å². The number of aliphatic hydroxyl groups is 1. The first-order valence-electron chi connectivity index (χ1n) is 9.01. The predicted molar refractivity (Wildman–Crippen MR) is 100 cm³/mol. The van der Waals surface area contributed by atoms with Crippen LogP contribution in [0.3, 0.4) is 0 Å². The maximum absolute atomic E-state index is 13.0. The minimum Gasteiger partial charge on any atom is -0.391 e. The van der Waals surface area contributed by atoms with Crippen LogP contribution in [0.4, 0.5) is 13.2 Å². The first kappa shape index (κ1) is 19.9. The number of hydrogen-bond acceptors (Lipinski definition) is 4. The number of rotatable bonds is 4. The smallest absolute Gasteiger partial charge is 0.391 e. The average Bonchev–Trinajstić information content (AvgIpc) is 3.27. The maximum Gasteiger partial charge on any atom is 0.431 e. The zero-order chi connectivity index (χ0) is 20.8. The number of H-pyrrole nitrogens is 1. The van der Waals surface area contributed by atoms with Crippen molar-refractivity contribution in [3.05, 3.63) is 48.3 Å². The summed E-state index contributed by atoms with van der Waals surface area (Å²) in [5.74, 6) is 0. The topological polar surface area (TPSA) is 95.1 Å². The molecule has 6 nitrogen and oxygen atoms in total. The molecule has 0 spiro atoms.